The fraction of sp³-hybridized carbons (Fsp3) is 0.250. The van der Waals surface area contributed by atoms with Gasteiger partial charge in [0.2, 0.25) is 0 Å². The maximum Gasteiger partial charge on any atom is 0.338 e. The highest BCUT2D eigenvalue weighted by Gasteiger charge is 2.19. The SMILES string of the molecule is COC(=O)c1cc(C(=O)OCC(=O)NCc2ccc(N(C)C)cc2)cc([N+](=O)[O-])c1. The molecule has 0 aromatic heterocycles. The van der Waals surface area contributed by atoms with Crippen LogP contribution in [-0.2, 0) is 20.8 Å². The zero-order valence-electron chi connectivity index (χ0n) is 16.7. The molecule has 0 saturated carbocycles. The maximum atomic E-state index is 12.2. The van der Waals surface area contributed by atoms with Crippen LogP contribution in [0.2, 0.25) is 0 Å². The topological polar surface area (TPSA) is 128 Å². The third-order valence-corrected chi connectivity index (χ3v) is 4.06. The van der Waals surface area contributed by atoms with E-state index in [1.54, 1.807) is 0 Å². The normalized spacial score (nSPS) is 10.1. The quantitative estimate of drug-likeness (QED) is 0.393. The summed E-state index contributed by atoms with van der Waals surface area (Å²) in [6.45, 7) is -0.335. The molecule has 1 amide bonds. The Morgan fingerprint density at radius 2 is 1.63 bits per heavy atom. The van der Waals surface area contributed by atoms with Crippen molar-refractivity contribution in [3.63, 3.8) is 0 Å². The molecule has 0 aliphatic rings. The molecule has 0 atom stereocenters. The second kappa shape index (κ2) is 10.0. The summed E-state index contributed by atoms with van der Waals surface area (Å²) in [5, 5.41) is 13.6. The first-order valence-electron chi connectivity index (χ1n) is 8.79. The molecule has 10 heteroatoms. The fourth-order valence-electron chi connectivity index (χ4n) is 2.45. The molecule has 2 aromatic rings. The number of amides is 1. The summed E-state index contributed by atoms with van der Waals surface area (Å²) in [6.07, 6.45) is 0. The van der Waals surface area contributed by atoms with Crippen molar-refractivity contribution in [2.24, 2.45) is 0 Å². The molecule has 0 heterocycles. The Bertz CT molecular complexity index is 955. The van der Waals surface area contributed by atoms with Crippen molar-refractivity contribution in [1.29, 1.82) is 0 Å². The molecule has 0 radical (unpaired) electrons. The molecule has 0 aliphatic heterocycles. The standard InChI is InChI=1S/C20H21N3O7/c1-22(2)16-6-4-13(5-7-16)11-21-18(24)12-30-20(26)15-8-14(19(25)29-3)9-17(10-15)23(27)28/h4-10H,11-12H2,1-3H3,(H,21,24). The van der Waals surface area contributed by atoms with E-state index in [4.69, 9.17) is 4.74 Å². The van der Waals surface area contributed by atoms with Gasteiger partial charge in [-0.3, -0.25) is 14.9 Å². The van der Waals surface area contributed by atoms with Crippen LogP contribution in [0.5, 0.6) is 0 Å². The van der Waals surface area contributed by atoms with Crippen molar-refractivity contribution < 1.29 is 28.8 Å². The molecule has 0 unspecified atom stereocenters. The van der Waals surface area contributed by atoms with E-state index >= 15 is 0 Å². The predicted molar refractivity (Wildman–Crippen MR) is 107 cm³/mol. The molecule has 1 N–H and O–H groups in total. The van der Waals surface area contributed by atoms with Crippen molar-refractivity contribution in [2.75, 3.05) is 32.7 Å². The number of nitro benzene ring substituents is 1. The average Bonchev–Trinajstić information content (AvgIpc) is 2.75. The molecular weight excluding hydrogens is 394 g/mol. The van der Waals surface area contributed by atoms with Crippen molar-refractivity contribution in [2.45, 2.75) is 6.54 Å². The number of nitrogens with one attached hydrogen (secondary N) is 1. The van der Waals surface area contributed by atoms with Crippen LogP contribution in [0.1, 0.15) is 26.3 Å². The first-order chi connectivity index (χ1) is 14.2. The van der Waals surface area contributed by atoms with Gasteiger partial charge in [0.05, 0.1) is 23.2 Å². The van der Waals surface area contributed by atoms with Gasteiger partial charge in [0.15, 0.2) is 6.61 Å². The number of anilines is 1. The van der Waals surface area contributed by atoms with Gasteiger partial charge in [0.1, 0.15) is 0 Å². The van der Waals surface area contributed by atoms with Crippen LogP contribution in [0, 0.1) is 10.1 Å². The van der Waals surface area contributed by atoms with E-state index < -0.39 is 35.1 Å². The van der Waals surface area contributed by atoms with Crippen molar-refractivity contribution in [3.8, 4) is 0 Å². The lowest BCUT2D eigenvalue weighted by Crippen LogP contribution is -2.28. The van der Waals surface area contributed by atoms with E-state index in [1.807, 2.05) is 43.3 Å². The van der Waals surface area contributed by atoms with Gasteiger partial charge in [-0.1, -0.05) is 12.1 Å². The molecule has 158 valence electrons. The molecule has 0 spiro atoms. The number of carbonyl (C=O) groups is 3. The van der Waals surface area contributed by atoms with Crippen LogP contribution in [0.4, 0.5) is 11.4 Å². The molecule has 0 bridgehead atoms. The van der Waals surface area contributed by atoms with Gasteiger partial charge in [-0.25, -0.2) is 9.59 Å². The van der Waals surface area contributed by atoms with Gasteiger partial charge in [-0.15, -0.1) is 0 Å². The number of rotatable bonds is 8. The number of non-ortho nitro benzene ring substituents is 1. The number of nitro groups is 1. The van der Waals surface area contributed by atoms with Gasteiger partial charge < -0.3 is 19.7 Å². The molecule has 2 aromatic carbocycles. The Kier molecular flexibility index (Phi) is 7.45. The second-order valence-corrected chi connectivity index (χ2v) is 6.43. The summed E-state index contributed by atoms with van der Waals surface area (Å²) in [4.78, 5) is 48.0. The highest BCUT2D eigenvalue weighted by Crippen LogP contribution is 2.19. The highest BCUT2D eigenvalue weighted by molar-refractivity contribution is 5.97. The van der Waals surface area contributed by atoms with Crippen LogP contribution < -0.4 is 10.2 Å². The van der Waals surface area contributed by atoms with Gasteiger partial charge in [0, 0.05) is 38.5 Å². The number of methoxy groups -OCH3 is 1. The molecule has 0 saturated heterocycles. The number of carbonyl (C=O) groups excluding carboxylic acids is 3. The third-order valence-electron chi connectivity index (χ3n) is 4.06. The minimum Gasteiger partial charge on any atom is -0.465 e. The highest BCUT2D eigenvalue weighted by atomic mass is 16.6. The molecule has 10 nitrogen and oxygen atoms in total. The Hall–Kier alpha value is -3.95. The molecule has 30 heavy (non-hydrogen) atoms. The van der Waals surface area contributed by atoms with Crippen LogP contribution >= 0.6 is 0 Å². The Morgan fingerprint density at radius 3 is 2.17 bits per heavy atom. The number of hydrogen-bond acceptors (Lipinski definition) is 8. The van der Waals surface area contributed by atoms with Crippen LogP contribution in [0.25, 0.3) is 0 Å². The molecule has 2 rings (SSSR count). The van der Waals surface area contributed by atoms with Crippen molar-refractivity contribution >= 4 is 29.2 Å². The first kappa shape index (κ1) is 22.3. The van der Waals surface area contributed by atoms with E-state index in [0.29, 0.717) is 0 Å². The zero-order valence-corrected chi connectivity index (χ0v) is 16.7. The third kappa shape index (κ3) is 6.03. The summed E-state index contributed by atoms with van der Waals surface area (Å²) in [7, 11) is 4.94. The summed E-state index contributed by atoms with van der Waals surface area (Å²) < 4.78 is 9.42. The number of esters is 2. The molecule has 0 aliphatic carbocycles. The second-order valence-electron chi connectivity index (χ2n) is 6.43. The molecular formula is C20H21N3O7. The predicted octanol–water partition coefficient (Wildman–Crippen LogP) is 1.92. The van der Waals surface area contributed by atoms with Crippen molar-refractivity contribution in [3.05, 3.63) is 69.3 Å². The van der Waals surface area contributed by atoms with E-state index in [0.717, 1.165) is 36.6 Å². The van der Waals surface area contributed by atoms with Crippen molar-refractivity contribution in [1.82, 2.24) is 5.32 Å². The summed E-state index contributed by atoms with van der Waals surface area (Å²) in [5.41, 5.74) is 0.986. The van der Waals surface area contributed by atoms with E-state index in [2.05, 4.69) is 10.1 Å². The zero-order chi connectivity index (χ0) is 22.3. The van der Waals surface area contributed by atoms with Gasteiger partial charge in [-0.05, 0) is 23.8 Å². The maximum absolute atomic E-state index is 12.2. The largest absolute Gasteiger partial charge is 0.465 e. The summed E-state index contributed by atoms with van der Waals surface area (Å²) in [6, 6.07) is 10.6. The number of ether oxygens (including phenoxy) is 2. The average molecular weight is 415 g/mol. The van der Waals surface area contributed by atoms with Gasteiger partial charge >= 0.3 is 11.9 Å². The number of benzene rings is 2. The lowest BCUT2D eigenvalue weighted by molar-refractivity contribution is -0.384. The van der Waals surface area contributed by atoms with Gasteiger partial charge in [-0.2, -0.15) is 0 Å². The Morgan fingerprint density at radius 1 is 1.03 bits per heavy atom. The Balaban J connectivity index is 1.96. The lowest BCUT2D eigenvalue weighted by Gasteiger charge is -2.13. The van der Waals surface area contributed by atoms with Crippen LogP contribution in [-0.4, -0.2) is 50.6 Å². The number of nitrogens with zero attached hydrogens (tertiary/aromatic N) is 2. The Labute approximate surface area is 172 Å². The van der Waals surface area contributed by atoms with Crippen LogP contribution in [0.3, 0.4) is 0 Å². The minimum atomic E-state index is -0.977. The summed E-state index contributed by atoms with van der Waals surface area (Å²) >= 11 is 0. The molecule has 0 fully saturated rings. The van der Waals surface area contributed by atoms with Crippen LogP contribution in [0.15, 0.2) is 42.5 Å². The van der Waals surface area contributed by atoms with E-state index in [9.17, 15) is 24.5 Å². The lowest BCUT2D eigenvalue weighted by atomic mass is 10.1. The van der Waals surface area contributed by atoms with E-state index in [-0.39, 0.29) is 17.7 Å². The summed E-state index contributed by atoms with van der Waals surface area (Å²) in [5.74, 6) is -2.36. The van der Waals surface area contributed by atoms with Gasteiger partial charge in [0.25, 0.3) is 11.6 Å². The fourth-order valence-corrected chi connectivity index (χ4v) is 2.45. The minimum absolute atomic E-state index is 0.177. The number of hydrogen-bond donors (Lipinski definition) is 1. The smallest absolute Gasteiger partial charge is 0.338 e. The first-order valence-corrected chi connectivity index (χ1v) is 8.79. The van der Waals surface area contributed by atoms with E-state index in [1.165, 1.54) is 0 Å². The monoisotopic (exact) mass is 415 g/mol.